The van der Waals surface area contributed by atoms with E-state index in [1.807, 2.05) is 13.1 Å². The molecule has 7 atom stereocenters. The van der Waals surface area contributed by atoms with Crippen LogP contribution in [0.4, 0.5) is 0 Å². The summed E-state index contributed by atoms with van der Waals surface area (Å²) in [6, 6.07) is 1.74. The van der Waals surface area contributed by atoms with Crippen molar-refractivity contribution in [1.82, 2.24) is 9.80 Å². The van der Waals surface area contributed by atoms with Crippen LogP contribution in [0.2, 0.25) is 0 Å². The molecule has 7 nitrogen and oxygen atoms in total. The molecule has 2 aliphatic heterocycles. The molecule has 0 radical (unpaired) electrons. The SMILES string of the molecule is CN(C(=O)/C=C/c1ccoc1)C1CC[C@@]2(O)[C@H]3CC4C=CC(O)=C5O[C@@H]1C2(CCN3CC1CC1)C54. The molecular weight excluding hydrogens is 444 g/mol. The smallest absolute Gasteiger partial charge is 0.246 e. The first-order valence-electron chi connectivity index (χ1n) is 13.1. The highest BCUT2D eigenvalue weighted by molar-refractivity contribution is 5.91. The number of hydrogen-bond acceptors (Lipinski definition) is 6. The second kappa shape index (κ2) is 7.50. The van der Waals surface area contributed by atoms with E-state index in [2.05, 4.69) is 11.0 Å². The summed E-state index contributed by atoms with van der Waals surface area (Å²) in [5.41, 5.74) is -0.541. The second-order valence-electron chi connectivity index (χ2n) is 11.6. The molecule has 2 saturated heterocycles. The van der Waals surface area contributed by atoms with E-state index in [1.54, 1.807) is 35.7 Å². The molecule has 3 saturated carbocycles. The number of piperidine rings is 1. The van der Waals surface area contributed by atoms with Crippen LogP contribution in [0.5, 0.6) is 0 Å². The Balaban J connectivity index is 1.25. The molecule has 4 aliphatic carbocycles. The highest BCUT2D eigenvalue weighted by Crippen LogP contribution is 2.70. The van der Waals surface area contributed by atoms with Crippen LogP contribution in [-0.4, -0.2) is 69.8 Å². The van der Waals surface area contributed by atoms with Gasteiger partial charge >= 0.3 is 0 Å². The topological polar surface area (TPSA) is 86.4 Å². The number of allylic oxidation sites excluding steroid dienone is 3. The molecule has 186 valence electrons. The van der Waals surface area contributed by atoms with Crippen molar-refractivity contribution in [2.45, 2.75) is 62.3 Å². The van der Waals surface area contributed by atoms with Gasteiger partial charge in [0, 0.05) is 37.2 Å². The van der Waals surface area contributed by atoms with E-state index < -0.39 is 11.0 Å². The number of likely N-dealkylation sites (tertiary alicyclic amines) is 1. The van der Waals surface area contributed by atoms with Crippen LogP contribution in [0.3, 0.4) is 0 Å². The van der Waals surface area contributed by atoms with Crippen molar-refractivity contribution in [3.8, 4) is 0 Å². The third-order valence-corrected chi connectivity index (χ3v) is 10.1. The summed E-state index contributed by atoms with van der Waals surface area (Å²) in [5, 5.41) is 23.4. The highest BCUT2D eigenvalue weighted by Gasteiger charge is 2.77. The predicted molar refractivity (Wildman–Crippen MR) is 129 cm³/mol. The summed E-state index contributed by atoms with van der Waals surface area (Å²) < 4.78 is 11.7. The lowest BCUT2D eigenvalue weighted by molar-refractivity contribution is -0.260. The molecule has 6 aliphatic rings. The summed E-state index contributed by atoms with van der Waals surface area (Å²) >= 11 is 0. The molecule has 7 rings (SSSR count). The number of rotatable bonds is 5. The standard InChI is InChI=1S/C28H34N2O5/c1-29(23(32)7-4-18-9-13-34-16-18)20-8-10-28(33)22-14-19-5-6-21(31)25-24(19)27(28,26(20)35-25)11-12-30(22)15-17-2-3-17/h4-7,9,13,16-17,19-20,22,24,26,31,33H,2-3,8,10-12,14-15H2,1H3/b7-4+/t19?,20?,22-,24?,26+,27?,28-/m1/s1. The van der Waals surface area contributed by atoms with E-state index in [4.69, 9.17) is 9.15 Å². The fourth-order valence-electron chi connectivity index (χ4n) is 8.28. The van der Waals surface area contributed by atoms with Crippen molar-refractivity contribution in [1.29, 1.82) is 0 Å². The number of hydrogen-bond donors (Lipinski definition) is 2. The summed E-state index contributed by atoms with van der Waals surface area (Å²) in [7, 11) is 1.84. The van der Waals surface area contributed by atoms with Gasteiger partial charge in [-0.05, 0) is 75.1 Å². The van der Waals surface area contributed by atoms with E-state index in [0.29, 0.717) is 18.6 Å². The first kappa shape index (κ1) is 21.7. The largest absolute Gasteiger partial charge is 0.504 e. The molecule has 5 fully saturated rings. The van der Waals surface area contributed by atoms with Crippen molar-refractivity contribution in [3.05, 3.63) is 53.9 Å². The lowest BCUT2D eigenvalue weighted by Crippen LogP contribution is -2.78. The van der Waals surface area contributed by atoms with Gasteiger partial charge in [-0.1, -0.05) is 6.08 Å². The van der Waals surface area contributed by atoms with Gasteiger partial charge in [0.05, 0.1) is 29.6 Å². The van der Waals surface area contributed by atoms with Crippen LogP contribution >= 0.6 is 0 Å². The van der Waals surface area contributed by atoms with Gasteiger partial charge in [-0.2, -0.15) is 0 Å². The Morgan fingerprint density at radius 2 is 2.17 bits per heavy atom. The molecule has 4 unspecified atom stereocenters. The van der Waals surface area contributed by atoms with E-state index in [-0.39, 0.29) is 41.7 Å². The molecule has 1 spiro atoms. The predicted octanol–water partition coefficient (Wildman–Crippen LogP) is 3.49. The normalized spacial score (nSPS) is 41.7. The maximum absolute atomic E-state index is 13.2. The van der Waals surface area contributed by atoms with Crippen molar-refractivity contribution in [3.63, 3.8) is 0 Å². The maximum Gasteiger partial charge on any atom is 0.246 e. The number of ether oxygens (including phenoxy) is 1. The van der Waals surface area contributed by atoms with E-state index >= 15 is 0 Å². The van der Waals surface area contributed by atoms with Gasteiger partial charge in [-0.3, -0.25) is 9.69 Å². The van der Waals surface area contributed by atoms with Crippen LogP contribution in [0.1, 0.15) is 44.1 Å². The van der Waals surface area contributed by atoms with Crippen molar-refractivity contribution in [2.75, 3.05) is 20.1 Å². The fraction of sp³-hybridized carbons (Fsp3) is 0.607. The van der Waals surface area contributed by atoms with Crippen LogP contribution < -0.4 is 0 Å². The van der Waals surface area contributed by atoms with Crippen molar-refractivity contribution >= 4 is 12.0 Å². The minimum absolute atomic E-state index is 0.0328. The summed E-state index contributed by atoms with van der Waals surface area (Å²) in [5.74, 6) is 1.70. The molecule has 3 heterocycles. The minimum Gasteiger partial charge on any atom is -0.504 e. The second-order valence-corrected chi connectivity index (χ2v) is 11.6. The van der Waals surface area contributed by atoms with Crippen LogP contribution in [0.15, 0.2) is 52.8 Å². The molecule has 1 aromatic rings. The number of aliphatic hydroxyl groups is 2. The van der Waals surface area contributed by atoms with Gasteiger partial charge in [-0.25, -0.2) is 0 Å². The Kier molecular flexibility index (Phi) is 4.66. The number of likely N-dealkylation sites (N-methyl/N-ethyl adjacent to an activating group) is 1. The summed E-state index contributed by atoms with van der Waals surface area (Å²) in [4.78, 5) is 17.5. The maximum atomic E-state index is 13.2. The Hall–Kier alpha value is -2.51. The van der Waals surface area contributed by atoms with Crippen LogP contribution in [-0.2, 0) is 9.53 Å². The van der Waals surface area contributed by atoms with Gasteiger partial charge in [0.25, 0.3) is 0 Å². The molecule has 7 heteroatoms. The number of aliphatic hydroxyl groups excluding tert-OH is 1. The number of nitrogens with zero attached hydrogens (tertiary/aromatic N) is 2. The first-order chi connectivity index (χ1) is 16.9. The number of amides is 1. The fourth-order valence-corrected chi connectivity index (χ4v) is 8.28. The first-order valence-corrected chi connectivity index (χ1v) is 13.1. The zero-order valence-corrected chi connectivity index (χ0v) is 20.2. The third-order valence-electron chi connectivity index (χ3n) is 10.1. The molecule has 0 aromatic carbocycles. The van der Waals surface area contributed by atoms with Crippen molar-refractivity contribution < 1.29 is 24.2 Å². The zero-order chi connectivity index (χ0) is 23.9. The van der Waals surface area contributed by atoms with Gasteiger partial charge in [0.1, 0.15) is 11.9 Å². The zero-order valence-electron chi connectivity index (χ0n) is 20.2. The van der Waals surface area contributed by atoms with Crippen molar-refractivity contribution in [2.24, 2.45) is 23.2 Å². The Bertz CT molecular complexity index is 1120. The number of carbonyl (C=O) groups excluding carboxylic acids is 1. The van der Waals surface area contributed by atoms with Crippen LogP contribution in [0.25, 0.3) is 6.08 Å². The molecular formula is C28H34N2O5. The van der Waals surface area contributed by atoms with Gasteiger partial charge in [0.15, 0.2) is 5.76 Å². The molecule has 1 aromatic heterocycles. The van der Waals surface area contributed by atoms with Gasteiger partial charge in [0.2, 0.25) is 5.91 Å². The third kappa shape index (κ3) is 2.94. The van der Waals surface area contributed by atoms with Crippen LogP contribution in [0, 0.1) is 23.2 Å². The average molecular weight is 479 g/mol. The Labute approximate surface area is 205 Å². The average Bonchev–Trinajstić information content (AvgIpc) is 3.36. The quantitative estimate of drug-likeness (QED) is 0.630. The Morgan fingerprint density at radius 3 is 2.94 bits per heavy atom. The lowest BCUT2D eigenvalue weighted by Gasteiger charge is -2.67. The number of furan rings is 1. The van der Waals surface area contributed by atoms with Gasteiger partial charge < -0.3 is 24.3 Å². The summed E-state index contributed by atoms with van der Waals surface area (Å²) in [6.07, 6.45) is 15.8. The van der Waals surface area contributed by atoms with E-state index in [0.717, 1.165) is 37.4 Å². The molecule has 35 heavy (non-hydrogen) atoms. The van der Waals surface area contributed by atoms with E-state index in [1.165, 1.54) is 12.8 Å². The van der Waals surface area contributed by atoms with Gasteiger partial charge in [-0.15, -0.1) is 0 Å². The lowest BCUT2D eigenvalue weighted by atomic mass is 9.43. The van der Waals surface area contributed by atoms with E-state index in [9.17, 15) is 15.0 Å². The summed E-state index contributed by atoms with van der Waals surface area (Å²) in [6.45, 7) is 2.01. The molecule has 2 N–H and O–H groups in total. The molecule has 1 amide bonds. The molecule has 2 bridgehead atoms. The minimum atomic E-state index is -0.883. The highest BCUT2D eigenvalue weighted by atomic mass is 16.5. The number of carbonyl (C=O) groups is 1. The monoisotopic (exact) mass is 478 g/mol. The Morgan fingerprint density at radius 1 is 1.31 bits per heavy atom.